The number of amides is 1. The average molecular weight is 291 g/mol. The molecule has 1 atom stereocenters. The lowest BCUT2D eigenvalue weighted by molar-refractivity contribution is -0.384. The van der Waals surface area contributed by atoms with E-state index in [1.54, 1.807) is 12.1 Å². The van der Waals surface area contributed by atoms with E-state index in [-0.39, 0.29) is 17.6 Å². The molecule has 1 aromatic rings. The average Bonchev–Trinajstić information content (AvgIpc) is 2.95. The van der Waals surface area contributed by atoms with Gasteiger partial charge in [-0.3, -0.25) is 14.9 Å². The maximum Gasteiger partial charge on any atom is 0.292 e. The van der Waals surface area contributed by atoms with Crippen LogP contribution in [0, 0.1) is 10.1 Å². The number of likely N-dealkylation sites (tertiary alicyclic amines) is 1. The van der Waals surface area contributed by atoms with Gasteiger partial charge in [-0.25, -0.2) is 0 Å². The SMILES string of the molecule is CCNc1cc(C(=O)N2CCCC2CC)ccc1[N+](=O)[O-]. The number of nitrogens with one attached hydrogen (secondary N) is 1. The summed E-state index contributed by atoms with van der Waals surface area (Å²) in [4.78, 5) is 25.0. The molecule has 1 heterocycles. The number of hydrogen-bond donors (Lipinski definition) is 1. The molecule has 114 valence electrons. The molecule has 2 rings (SSSR count). The third-order valence-electron chi connectivity index (χ3n) is 3.92. The zero-order chi connectivity index (χ0) is 15.4. The molecule has 1 saturated heterocycles. The predicted molar refractivity (Wildman–Crippen MR) is 81.6 cm³/mol. The zero-order valence-corrected chi connectivity index (χ0v) is 12.5. The Kier molecular flexibility index (Phi) is 4.77. The Morgan fingerprint density at radius 3 is 2.86 bits per heavy atom. The first-order valence-electron chi connectivity index (χ1n) is 7.41. The Morgan fingerprint density at radius 1 is 1.48 bits per heavy atom. The first-order chi connectivity index (χ1) is 10.1. The lowest BCUT2D eigenvalue weighted by Gasteiger charge is -2.23. The number of nitro benzene ring substituents is 1. The van der Waals surface area contributed by atoms with E-state index in [2.05, 4.69) is 12.2 Å². The second kappa shape index (κ2) is 6.56. The molecule has 0 bridgehead atoms. The maximum atomic E-state index is 12.6. The van der Waals surface area contributed by atoms with Crippen molar-refractivity contribution in [2.45, 2.75) is 39.2 Å². The molecule has 1 aliphatic rings. The largest absolute Gasteiger partial charge is 0.380 e. The fourth-order valence-electron chi connectivity index (χ4n) is 2.85. The van der Waals surface area contributed by atoms with Crippen LogP contribution in [0.3, 0.4) is 0 Å². The van der Waals surface area contributed by atoms with E-state index in [0.29, 0.717) is 17.8 Å². The highest BCUT2D eigenvalue weighted by molar-refractivity contribution is 5.96. The third-order valence-corrected chi connectivity index (χ3v) is 3.92. The molecule has 0 radical (unpaired) electrons. The van der Waals surface area contributed by atoms with Gasteiger partial charge in [-0.2, -0.15) is 0 Å². The molecule has 1 fully saturated rings. The van der Waals surface area contributed by atoms with E-state index in [4.69, 9.17) is 0 Å². The van der Waals surface area contributed by atoms with Gasteiger partial charge < -0.3 is 10.2 Å². The molecule has 0 aromatic heterocycles. The fraction of sp³-hybridized carbons (Fsp3) is 0.533. The number of hydrogen-bond acceptors (Lipinski definition) is 4. The van der Waals surface area contributed by atoms with Crippen molar-refractivity contribution in [2.75, 3.05) is 18.4 Å². The van der Waals surface area contributed by atoms with Crippen LogP contribution < -0.4 is 5.32 Å². The van der Waals surface area contributed by atoms with Gasteiger partial charge in [0.2, 0.25) is 0 Å². The molecule has 6 nitrogen and oxygen atoms in total. The summed E-state index contributed by atoms with van der Waals surface area (Å²) in [6.45, 7) is 5.28. The van der Waals surface area contributed by atoms with Crippen molar-refractivity contribution >= 4 is 17.3 Å². The van der Waals surface area contributed by atoms with Crippen LogP contribution in [0.1, 0.15) is 43.5 Å². The Morgan fingerprint density at radius 2 is 2.24 bits per heavy atom. The first-order valence-corrected chi connectivity index (χ1v) is 7.41. The second-order valence-corrected chi connectivity index (χ2v) is 5.22. The lowest BCUT2D eigenvalue weighted by Crippen LogP contribution is -2.35. The smallest absolute Gasteiger partial charge is 0.292 e. The summed E-state index contributed by atoms with van der Waals surface area (Å²) >= 11 is 0. The van der Waals surface area contributed by atoms with E-state index in [1.807, 2.05) is 11.8 Å². The van der Waals surface area contributed by atoms with E-state index in [0.717, 1.165) is 25.8 Å². The topological polar surface area (TPSA) is 75.5 Å². The Balaban J connectivity index is 2.29. The number of nitrogens with zero attached hydrogens (tertiary/aromatic N) is 2. The molecule has 1 amide bonds. The number of carbonyl (C=O) groups excluding carboxylic acids is 1. The number of carbonyl (C=O) groups is 1. The molecular formula is C15H21N3O3. The van der Waals surface area contributed by atoms with Crippen LogP contribution in [0.15, 0.2) is 18.2 Å². The van der Waals surface area contributed by atoms with Crippen molar-refractivity contribution in [1.82, 2.24) is 4.90 Å². The van der Waals surface area contributed by atoms with Crippen LogP contribution in [-0.2, 0) is 0 Å². The molecular weight excluding hydrogens is 270 g/mol. The monoisotopic (exact) mass is 291 g/mol. The first kappa shape index (κ1) is 15.3. The summed E-state index contributed by atoms with van der Waals surface area (Å²) < 4.78 is 0. The molecule has 1 aromatic carbocycles. The van der Waals surface area contributed by atoms with Gasteiger partial charge in [-0.05, 0) is 38.3 Å². The molecule has 0 spiro atoms. The van der Waals surface area contributed by atoms with Crippen molar-refractivity contribution in [3.05, 3.63) is 33.9 Å². The van der Waals surface area contributed by atoms with Gasteiger partial charge >= 0.3 is 0 Å². The van der Waals surface area contributed by atoms with Crippen molar-refractivity contribution in [3.63, 3.8) is 0 Å². The van der Waals surface area contributed by atoms with Crippen LogP contribution in [0.5, 0.6) is 0 Å². The van der Waals surface area contributed by atoms with E-state index in [9.17, 15) is 14.9 Å². The van der Waals surface area contributed by atoms with Gasteiger partial charge in [-0.15, -0.1) is 0 Å². The maximum absolute atomic E-state index is 12.6. The Labute approximate surface area is 124 Å². The van der Waals surface area contributed by atoms with Crippen molar-refractivity contribution < 1.29 is 9.72 Å². The summed E-state index contributed by atoms with van der Waals surface area (Å²) in [6, 6.07) is 4.83. The molecule has 21 heavy (non-hydrogen) atoms. The molecule has 1 aliphatic heterocycles. The molecule has 1 unspecified atom stereocenters. The van der Waals surface area contributed by atoms with E-state index >= 15 is 0 Å². The highest BCUT2D eigenvalue weighted by Crippen LogP contribution is 2.28. The quantitative estimate of drug-likeness (QED) is 0.668. The number of anilines is 1. The minimum Gasteiger partial charge on any atom is -0.380 e. The Bertz CT molecular complexity index is 545. The Hall–Kier alpha value is -2.11. The highest BCUT2D eigenvalue weighted by Gasteiger charge is 2.28. The van der Waals surface area contributed by atoms with Gasteiger partial charge in [-0.1, -0.05) is 6.92 Å². The molecule has 6 heteroatoms. The minimum absolute atomic E-state index is 0.00173. The molecule has 0 aliphatic carbocycles. The minimum atomic E-state index is -0.434. The predicted octanol–water partition coefficient (Wildman–Crippen LogP) is 3.04. The second-order valence-electron chi connectivity index (χ2n) is 5.22. The van der Waals surface area contributed by atoms with Crippen LogP contribution in [0.4, 0.5) is 11.4 Å². The van der Waals surface area contributed by atoms with Crippen molar-refractivity contribution in [3.8, 4) is 0 Å². The molecule has 1 N–H and O–H groups in total. The van der Waals surface area contributed by atoms with Crippen LogP contribution in [-0.4, -0.2) is 34.9 Å². The number of nitro groups is 1. The zero-order valence-electron chi connectivity index (χ0n) is 12.5. The van der Waals surface area contributed by atoms with Crippen molar-refractivity contribution in [1.29, 1.82) is 0 Å². The lowest BCUT2D eigenvalue weighted by atomic mass is 10.1. The highest BCUT2D eigenvalue weighted by atomic mass is 16.6. The summed E-state index contributed by atoms with van der Waals surface area (Å²) in [6.07, 6.45) is 3.01. The standard InChI is InChI=1S/C15H21N3O3/c1-3-12-6-5-9-17(12)15(19)11-7-8-14(18(20)21)13(10-11)16-4-2/h7-8,10,12,16H,3-6,9H2,1-2H3. The fourth-order valence-corrected chi connectivity index (χ4v) is 2.85. The number of rotatable bonds is 5. The van der Waals surface area contributed by atoms with Crippen LogP contribution in [0.25, 0.3) is 0 Å². The summed E-state index contributed by atoms with van der Waals surface area (Å²) in [7, 11) is 0. The summed E-state index contributed by atoms with van der Waals surface area (Å²) in [5, 5.41) is 14.0. The summed E-state index contributed by atoms with van der Waals surface area (Å²) in [5.74, 6) is -0.0339. The van der Waals surface area contributed by atoms with E-state index in [1.165, 1.54) is 6.07 Å². The molecule has 0 saturated carbocycles. The third kappa shape index (κ3) is 3.15. The van der Waals surface area contributed by atoms with Gasteiger partial charge in [0.15, 0.2) is 0 Å². The van der Waals surface area contributed by atoms with Gasteiger partial charge in [0.05, 0.1) is 4.92 Å². The number of benzene rings is 1. The normalized spacial score (nSPS) is 17.8. The van der Waals surface area contributed by atoms with Crippen LogP contribution >= 0.6 is 0 Å². The van der Waals surface area contributed by atoms with Crippen LogP contribution in [0.2, 0.25) is 0 Å². The van der Waals surface area contributed by atoms with Gasteiger partial charge in [0.25, 0.3) is 11.6 Å². The van der Waals surface area contributed by atoms with Gasteiger partial charge in [0.1, 0.15) is 5.69 Å². The van der Waals surface area contributed by atoms with Gasteiger partial charge in [0, 0.05) is 30.8 Å². The summed E-state index contributed by atoms with van der Waals surface area (Å²) in [5.41, 5.74) is 0.916. The van der Waals surface area contributed by atoms with Crippen molar-refractivity contribution in [2.24, 2.45) is 0 Å². The van der Waals surface area contributed by atoms with E-state index < -0.39 is 4.92 Å².